The maximum atomic E-state index is 13.7. The molecule has 3 nitrogen and oxygen atoms in total. The second kappa shape index (κ2) is 4.40. The predicted molar refractivity (Wildman–Crippen MR) is 55.0 cm³/mol. The molecule has 0 aromatic heterocycles. The standard InChI is InChI=1S/C11H14FNO2/c1-6(14)5-8-3-4-9(11(13)15)7(2)10(8)12/h3-4,6,14H,5H2,1-2H3,(H2,13,15). The van der Waals surface area contributed by atoms with Gasteiger partial charge in [0.2, 0.25) is 5.91 Å². The summed E-state index contributed by atoms with van der Waals surface area (Å²) in [4.78, 5) is 10.9. The molecule has 1 rings (SSSR count). The summed E-state index contributed by atoms with van der Waals surface area (Å²) in [5.41, 5.74) is 5.89. The van der Waals surface area contributed by atoms with Gasteiger partial charge in [0.05, 0.1) is 6.10 Å². The Kier molecular flexibility index (Phi) is 3.42. The fourth-order valence-electron chi connectivity index (χ4n) is 1.48. The zero-order valence-corrected chi connectivity index (χ0v) is 8.75. The zero-order chi connectivity index (χ0) is 11.6. The number of amides is 1. The van der Waals surface area contributed by atoms with Crippen molar-refractivity contribution >= 4 is 5.91 Å². The first-order valence-electron chi connectivity index (χ1n) is 4.69. The molecule has 1 unspecified atom stereocenters. The van der Waals surface area contributed by atoms with E-state index >= 15 is 0 Å². The molecule has 3 N–H and O–H groups in total. The molecular weight excluding hydrogens is 197 g/mol. The van der Waals surface area contributed by atoms with Gasteiger partial charge in [0.1, 0.15) is 5.82 Å². The molecule has 4 heteroatoms. The number of nitrogens with two attached hydrogens (primary N) is 1. The number of carbonyl (C=O) groups is 1. The predicted octanol–water partition coefficient (Wildman–Crippen LogP) is 1.16. The molecule has 1 aromatic carbocycles. The minimum absolute atomic E-state index is 0.182. The molecule has 0 aliphatic carbocycles. The van der Waals surface area contributed by atoms with E-state index in [1.54, 1.807) is 6.92 Å². The Morgan fingerprint density at radius 1 is 1.60 bits per heavy atom. The van der Waals surface area contributed by atoms with Crippen LogP contribution in [0.15, 0.2) is 12.1 Å². The van der Waals surface area contributed by atoms with Gasteiger partial charge >= 0.3 is 0 Å². The van der Waals surface area contributed by atoms with Crippen LogP contribution in [0.4, 0.5) is 4.39 Å². The number of hydrogen-bond donors (Lipinski definition) is 2. The van der Waals surface area contributed by atoms with E-state index < -0.39 is 17.8 Å². The second-order valence-electron chi connectivity index (χ2n) is 3.63. The molecule has 0 aliphatic heterocycles. The molecule has 0 saturated heterocycles. The van der Waals surface area contributed by atoms with Gasteiger partial charge in [-0.15, -0.1) is 0 Å². The number of aliphatic hydroxyl groups excluding tert-OH is 1. The fourth-order valence-corrected chi connectivity index (χ4v) is 1.48. The summed E-state index contributed by atoms with van der Waals surface area (Å²) in [6.07, 6.45) is -0.385. The maximum absolute atomic E-state index is 13.7. The van der Waals surface area contributed by atoms with Crippen LogP contribution in [0.2, 0.25) is 0 Å². The van der Waals surface area contributed by atoms with Crippen molar-refractivity contribution in [2.75, 3.05) is 0 Å². The molecule has 0 heterocycles. The van der Waals surface area contributed by atoms with Gasteiger partial charge in [-0.3, -0.25) is 4.79 Å². The van der Waals surface area contributed by atoms with Crippen LogP contribution in [0, 0.1) is 12.7 Å². The Hall–Kier alpha value is -1.42. The molecule has 0 bridgehead atoms. The first kappa shape index (κ1) is 11.7. The molecule has 0 fully saturated rings. The van der Waals surface area contributed by atoms with E-state index in [-0.39, 0.29) is 17.5 Å². The third-order valence-electron chi connectivity index (χ3n) is 2.25. The van der Waals surface area contributed by atoms with Gasteiger partial charge in [-0.05, 0) is 31.0 Å². The summed E-state index contributed by atoms with van der Waals surface area (Å²) < 4.78 is 13.7. The maximum Gasteiger partial charge on any atom is 0.249 e. The van der Waals surface area contributed by atoms with E-state index in [2.05, 4.69) is 0 Å². The molecule has 1 amide bonds. The Labute approximate surface area is 87.7 Å². The number of rotatable bonds is 3. The molecule has 0 radical (unpaired) electrons. The molecule has 0 spiro atoms. The first-order chi connectivity index (χ1) is 6.93. The van der Waals surface area contributed by atoms with Gasteiger partial charge in [-0.25, -0.2) is 4.39 Å². The van der Waals surface area contributed by atoms with Crippen molar-refractivity contribution in [1.82, 2.24) is 0 Å². The third-order valence-corrected chi connectivity index (χ3v) is 2.25. The smallest absolute Gasteiger partial charge is 0.249 e. The normalized spacial score (nSPS) is 12.5. The highest BCUT2D eigenvalue weighted by molar-refractivity contribution is 5.94. The Morgan fingerprint density at radius 3 is 2.67 bits per heavy atom. The third kappa shape index (κ3) is 2.53. The van der Waals surface area contributed by atoms with Gasteiger partial charge in [0.25, 0.3) is 0 Å². The molecule has 1 aromatic rings. The molecule has 1 atom stereocenters. The van der Waals surface area contributed by atoms with Crippen molar-refractivity contribution in [2.24, 2.45) is 5.73 Å². The van der Waals surface area contributed by atoms with Gasteiger partial charge in [0.15, 0.2) is 0 Å². The van der Waals surface area contributed by atoms with Crippen LogP contribution in [0.1, 0.15) is 28.4 Å². The number of carbonyl (C=O) groups excluding carboxylic acids is 1. The zero-order valence-electron chi connectivity index (χ0n) is 8.75. The van der Waals surface area contributed by atoms with Crippen LogP contribution >= 0.6 is 0 Å². The monoisotopic (exact) mass is 211 g/mol. The summed E-state index contributed by atoms with van der Waals surface area (Å²) in [6, 6.07) is 2.97. The highest BCUT2D eigenvalue weighted by atomic mass is 19.1. The molecular formula is C11H14FNO2. The average Bonchev–Trinajstić information content (AvgIpc) is 2.12. The van der Waals surface area contributed by atoms with Crippen molar-refractivity contribution in [1.29, 1.82) is 0 Å². The summed E-state index contributed by atoms with van der Waals surface area (Å²) in [5.74, 6) is -1.11. The van der Waals surface area contributed by atoms with E-state index in [9.17, 15) is 9.18 Å². The summed E-state index contributed by atoms with van der Waals surface area (Å²) in [6.45, 7) is 3.08. The van der Waals surface area contributed by atoms with Gasteiger partial charge in [-0.2, -0.15) is 0 Å². The fraction of sp³-hybridized carbons (Fsp3) is 0.364. The van der Waals surface area contributed by atoms with E-state index in [1.165, 1.54) is 19.1 Å². The van der Waals surface area contributed by atoms with Crippen LogP contribution in [-0.2, 0) is 6.42 Å². The number of halogens is 1. The summed E-state index contributed by atoms with van der Waals surface area (Å²) in [7, 11) is 0. The Morgan fingerprint density at radius 2 is 2.20 bits per heavy atom. The van der Waals surface area contributed by atoms with E-state index in [0.717, 1.165) is 0 Å². The number of primary amides is 1. The largest absolute Gasteiger partial charge is 0.393 e. The lowest BCUT2D eigenvalue weighted by molar-refractivity contribution is 0.0999. The van der Waals surface area contributed by atoms with Crippen LogP contribution in [0.5, 0.6) is 0 Å². The second-order valence-corrected chi connectivity index (χ2v) is 3.63. The quantitative estimate of drug-likeness (QED) is 0.787. The Bertz CT molecular complexity index is 388. The highest BCUT2D eigenvalue weighted by Crippen LogP contribution is 2.18. The van der Waals surface area contributed by atoms with Crippen LogP contribution in [-0.4, -0.2) is 17.1 Å². The number of hydrogen-bond acceptors (Lipinski definition) is 2. The van der Waals surface area contributed by atoms with Crippen LogP contribution in [0.3, 0.4) is 0 Å². The van der Waals surface area contributed by atoms with Crippen LogP contribution < -0.4 is 5.73 Å². The van der Waals surface area contributed by atoms with Crippen molar-refractivity contribution in [3.8, 4) is 0 Å². The first-order valence-corrected chi connectivity index (χ1v) is 4.69. The molecule has 0 aliphatic rings. The minimum atomic E-state index is -0.644. The van der Waals surface area contributed by atoms with Crippen molar-refractivity contribution < 1.29 is 14.3 Å². The highest BCUT2D eigenvalue weighted by Gasteiger charge is 2.13. The van der Waals surface area contributed by atoms with E-state index in [0.29, 0.717) is 5.56 Å². The van der Waals surface area contributed by atoms with Crippen LogP contribution in [0.25, 0.3) is 0 Å². The number of aliphatic hydroxyl groups is 1. The summed E-state index contributed by atoms with van der Waals surface area (Å²) >= 11 is 0. The van der Waals surface area contributed by atoms with Crippen molar-refractivity contribution in [3.05, 3.63) is 34.6 Å². The Balaban J connectivity index is 3.15. The summed E-state index contributed by atoms with van der Waals surface area (Å²) in [5, 5.41) is 9.14. The lowest BCUT2D eigenvalue weighted by atomic mass is 10.0. The molecule has 15 heavy (non-hydrogen) atoms. The average molecular weight is 211 g/mol. The van der Waals surface area contributed by atoms with E-state index in [1.807, 2.05) is 0 Å². The number of benzene rings is 1. The minimum Gasteiger partial charge on any atom is -0.393 e. The van der Waals surface area contributed by atoms with Crippen molar-refractivity contribution in [3.63, 3.8) is 0 Å². The van der Waals surface area contributed by atoms with Gasteiger partial charge in [-0.1, -0.05) is 6.07 Å². The van der Waals surface area contributed by atoms with Gasteiger partial charge in [0, 0.05) is 12.0 Å². The lowest BCUT2D eigenvalue weighted by Crippen LogP contribution is -2.15. The molecule has 0 saturated carbocycles. The molecule has 82 valence electrons. The van der Waals surface area contributed by atoms with Crippen molar-refractivity contribution in [2.45, 2.75) is 26.4 Å². The van der Waals surface area contributed by atoms with E-state index in [4.69, 9.17) is 10.8 Å². The SMILES string of the molecule is Cc1c(C(N)=O)ccc(CC(C)O)c1F. The lowest BCUT2D eigenvalue weighted by Gasteiger charge is -2.10. The topological polar surface area (TPSA) is 63.3 Å². The van der Waals surface area contributed by atoms with Gasteiger partial charge < -0.3 is 10.8 Å².